The maximum atomic E-state index is 12.0. The molecule has 0 heterocycles. The maximum absolute atomic E-state index is 12.0. The summed E-state index contributed by atoms with van der Waals surface area (Å²) in [5.74, 6) is 0. The number of para-hydroxylation sites is 1. The number of benzene rings is 1. The molecule has 1 fully saturated rings. The van der Waals surface area contributed by atoms with Gasteiger partial charge in [0.2, 0.25) is 0 Å². The fourth-order valence-corrected chi connectivity index (χ4v) is 2.72. The van der Waals surface area contributed by atoms with E-state index in [1.165, 1.54) is 24.8 Å². The van der Waals surface area contributed by atoms with Crippen molar-refractivity contribution in [3.05, 3.63) is 29.8 Å². The summed E-state index contributed by atoms with van der Waals surface area (Å²) < 4.78 is 0. The van der Waals surface area contributed by atoms with Gasteiger partial charge >= 0.3 is 6.03 Å². The quantitative estimate of drug-likeness (QED) is 0.841. The number of aryl methyl sites for hydroxylation is 1. The maximum Gasteiger partial charge on any atom is 0.319 e. The van der Waals surface area contributed by atoms with Crippen molar-refractivity contribution in [2.45, 2.75) is 57.9 Å². The van der Waals surface area contributed by atoms with Crippen LogP contribution in [0.3, 0.4) is 0 Å². The predicted molar refractivity (Wildman–Crippen MR) is 79.5 cm³/mol. The first-order valence-corrected chi connectivity index (χ1v) is 7.45. The van der Waals surface area contributed by atoms with E-state index in [-0.39, 0.29) is 6.03 Å². The Hall–Kier alpha value is -1.51. The van der Waals surface area contributed by atoms with Gasteiger partial charge in [0.1, 0.15) is 0 Å². The average molecular weight is 260 g/mol. The standard InChI is InChI=1S/C16H24N2O/c1-2-8-13-9-6-7-12-15(13)18-16(19)17-14-10-4-3-5-11-14/h6-7,9,12,14H,2-5,8,10-11H2,1H3,(H2,17,18,19). The molecule has 0 atom stereocenters. The molecule has 1 aromatic carbocycles. The van der Waals surface area contributed by atoms with Crippen LogP contribution in [0.15, 0.2) is 24.3 Å². The zero-order chi connectivity index (χ0) is 13.5. The van der Waals surface area contributed by atoms with Crippen molar-refractivity contribution in [1.29, 1.82) is 0 Å². The second-order valence-corrected chi connectivity index (χ2v) is 5.34. The Labute approximate surface area is 115 Å². The Balaban J connectivity index is 1.90. The molecular formula is C16H24N2O. The molecule has 2 N–H and O–H groups in total. The van der Waals surface area contributed by atoms with Gasteiger partial charge in [-0.3, -0.25) is 0 Å². The minimum Gasteiger partial charge on any atom is -0.335 e. The lowest BCUT2D eigenvalue weighted by molar-refractivity contribution is 0.244. The van der Waals surface area contributed by atoms with Crippen LogP contribution in [0.4, 0.5) is 10.5 Å². The minimum atomic E-state index is -0.0598. The summed E-state index contributed by atoms with van der Waals surface area (Å²) in [5.41, 5.74) is 2.15. The largest absolute Gasteiger partial charge is 0.335 e. The molecule has 1 aromatic rings. The van der Waals surface area contributed by atoms with E-state index in [1.54, 1.807) is 0 Å². The predicted octanol–water partition coefficient (Wildman–Crippen LogP) is 4.09. The zero-order valence-electron chi connectivity index (χ0n) is 11.7. The van der Waals surface area contributed by atoms with Gasteiger partial charge in [0.15, 0.2) is 0 Å². The van der Waals surface area contributed by atoms with E-state index < -0.39 is 0 Å². The molecule has 2 rings (SSSR count). The summed E-state index contributed by atoms with van der Waals surface area (Å²) in [6.07, 6.45) is 8.09. The van der Waals surface area contributed by atoms with Gasteiger partial charge in [-0.25, -0.2) is 4.79 Å². The van der Waals surface area contributed by atoms with Crippen molar-refractivity contribution < 1.29 is 4.79 Å². The molecule has 0 aromatic heterocycles. The van der Waals surface area contributed by atoms with E-state index in [1.807, 2.05) is 18.2 Å². The molecule has 0 spiro atoms. The van der Waals surface area contributed by atoms with Crippen LogP contribution in [-0.2, 0) is 6.42 Å². The van der Waals surface area contributed by atoms with Gasteiger partial charge < -0.3 is 10.6 Å². The van der Waals surface area contributed by atoms with Crippen LogP contribution in [-0.4, -0.2) is 12.1 Å². The Kier molecular flexibility index (Phi) is 5.25. The highest BCUT2D eigenvalue weighted by molar-refractivity contribution is 5.90. The molecule has 1 saturated carbocycles. The Morgan fingerprint density at radius 3 is 2.68 bits per heavy atom. The molecule has 0 radical (unpaired) electrons. The molecule has 1 aliphatic carbocycles. The fourth-order valence-electron chi connectivity index (χ4n) is 2.72. The van der Waals surface area contributed by atoms with Crippen LogP contribution >= 0.6 is 0 Å². The molecule has 1 aliphatic rings. The van der Waals surface area contributed by atoms with Gasteiger partial charge in [-0.1, -0.05) is 50.8 Å². The fraction of sp³-hybridized carbons (Fsp3) is 0.562. The van der Waals surface area contributed by atoms with Gasteiger partial charge in [-0.05, 0) is 30.9 Å². The number of nitrogens with one attached hydrogen (secondary N) is 2. The van der Waals surface area contributed by atoms with Crippen LogP contribution in [0.5, 0.6) is 0 Å². The van der Waals surface area contributed by atoms with E-state index in [0.29, 0.717) is 6.04 Å². The minimum absolute atomic E-state index is 0.0598. The lowest BCUT2D eigenvalue weighted by atomic mass is 9.96. The van der Waals surface area contributed by atoms with Crippen molar-refractivity contribution in [3.63, 3.8) is 0 Å². The topological polar surface area (TPSA) is 41.1 Å². The molecular weight excluding hydrogens is 236 g/mol. The second-order valence-electron chi connectivity index (χ2n) is 5.34. The first-order chi connectivity index (χ1) is 9.29. The SMILES string of the molecule is CCCc1ccccc1NC(=O)NC1CCCCC1. The third-order valence-electron chi connectivity index (χ3n) is 3.73. The lowest BCUT2D eigenvalue weighted by Gasteiger charge is -2.23. The van der Waals surface area contributed by atoms with Crippen LogP contribution in [0, 0.1) is 0 Å². The monoisotopic (exact) mass is 260 g/mol. The molecule has 2 amide bonds. The molecule has 3 heteroatoms. The Morgan fingerprint density at radius 1 is 1.21 bits per heavy atom. The van der Waals surface area contributed by atoms with Crippen LogP contribution in [0.1, 0.15) is 51.0 Å². The smallest absolute Gasteiger partial charge is 0.319 e. The molecule has 0 saturated heterocycles. The Bertz CT molecular complexity index is 411. The van der Waals surface area contributed by atoms with Crippen molar-refractivity contribution in [3.8, 4) is 0 Å². The number of anilines is 1. The number of hydrogen-bond donors (Lipinski definition) is 2. The third-order valence-corrected chi connectivity index (χ3v) is 3.73. The van der Waals surface area contributed by atoms with Crippen molar-refractivity contribution in [2.75, 3.05) is 5.32 Å². The van der Waals surface area contributed by atoms with E-state index in [4.69, 9.17) is 0 Å². The van der Waals surface area contributed by atoms with Gasteiger partial charge in [0.05, 0.1) is 0 Å². The van der Waals surface area contributed by atoms with Crippen molar-refractivity contribution in [2.24, 2.45) is 0 Å². The summed E-state index contributed by atoms with van der Waals surface area (Å²) in [5, 5.41) is 6.08. The summed E-state index contributed by atoms with van der Waals surface area (Å²) >= 11 is 0. The van der Waals surface area contributed by atoms with Gasteiger partial charge in [0.25, 0.3) is 0 Å². The molecule has 104 valence electrons. The number of hydrogen-bond acceptors (Lipinski definition) is 1. The molecule has 0 aliphatic heterocycles. The summed E-state index contributed by atoms with van der Waals surface area (Å²) in [4.78, 5) is 12.0. The molecule has 0 unspecified atom stereocenters. The summed E-state index contributed by atoms with van der Waals surface area (Å²) in [6, 6.07) is 8.35. The summed E-state index contributed by atoms with van der Waals surface area (Å²) in [7, 11) is 0. The number of carbonyl (C=O) groups excluding carboxylic acids is 1. The first kappa shape index (κ1) is 13.9. The van der Waals surface area contributed by atoms with Gasteiger partial charge in [-0.15, -0.1) is 0 Å². The van der Waals surface area contributed by atoms with Gasteiger partial charge in [0, 0.05) is 11.7 Å². The van der Waals surface area contributed by atoms with E-state index in [9.17, 15) is 4.79 Å². The normalized spacial score (nSPS) is 16.1. The number of amides is 2. The van der Waals surface area contributed by atoms with Crippen LogP contribution < -0.4 is 10.6 Å². The van der Waals surface area contributed by atoms with E-state index >= 15 is 0 Å². The first-order valence-electron chi connectivity index (χ1n) is 7.45. The zero-order valence-corrected chi connectivity index (χ0v) is 11.7. The van der Waals surface area contributed by atoms with Crippen LogP contribution in [0.25, 0.3) is 0 Å². The van der Waals surface area contributed by atoms with Crippen LogP contribution in [0.2, 0.25) is 0 Å². The molecule has 3 nitrogen and oxygen atoms in total. The lowest BCUT2D eigenvalue weighted by Crippen LogP contribution is -2.39. The third kappa shape index (κ3) is 4.27. The van der Waals surface area contributed by atoms with Gasteiger partial charge in [-0.2, -0.15) is 0 Å². The highest BCUT2D eigenvalue weighted by Crippen LogP contribution is 2.19. The molecule has 19 heavy (non-hydrogen) atoms. The number of carbonyl (C=O) groups is 1. The summed E-state index contributed by atoms with van der Waals surface area (Å²) in [6.45, 7) is 2.15. The van der Waals surface area contributed by atoms with Crippen molar-refractivity contribution >= 4 is 11.7 Å². The Morgan fingerprint density at radius 2 is 1.95 bits per heavy atom. The second kappa shape index (κ2) is 7.17. The number of rotatable bonds is 4. The average Bonchev–Trinajstić information content (AvgIpc) is 2.42. The van der Waals surface area contributed by atoms with E-state index in [0.717, 1.165) is 31.4 Å². The van der Waals surface area contributed by atoms with Crippen molar-refractivity contribution in [1.82, 2.24) is 5.32 Å². The molecule has 0 bridgehead atoms. The highest BCUT2D eigenvalue weighted by Gasteiger charge is 2.15. The highest BCUT2D eigenvalue weighted by atomic mass is 16.2. The van der Waals surface area contributed by atoms with E-state index in [2.05, 4.69) is 23.6 Å². The number of urea groups is 1.